The van der Waals surface area contributed by atoms with Crippen LogP contribution in [0.15, 0.2) is 24.5 Å². The number of hydrogen-bond donors (Lipinski definition) is 1. The highest BCUT2D eigenvalue weighted by Crippen LogP contribution is 2.37. The number of nitrogens with one attached hydrogen (secondary N) is 1. The molecule has 0 radical (unpaired) electrons. The van der Waals surface area contributed by atoms with Gasteiger partial charge in [-0.2, -0.15) is 0 Å². The lowest BCUT2D eigenvalue weighted by Crippen LogP contribution is -2.00. The number of benzene rings is 1. The summed E-state index contributed by atoms with van der Waals surface area (Å²) in [5.74, 6) is 1.83. The molecule has 2 aromatic rings. The van der Waals surface area contributed by atoms with Gasteiger partial charge in [-0.25, -0.2) is 9.97 Å². The van der Waals surface area contributed by atoms with Gasteiger partial charge in [0.15, 0.2) is 0 Å². The third-order valence-electron chi connectivity index (χ3n) is 3.29. The quantitative estimate of drug-likeness (QED) is 0.877. The Bertz CT molecular complexity index is 596. The zero-order valence-electron chi connectivity index (χ0n) is 10.5. The molecule has 0 unspecified atom stereocenters. The lowest BCUT2D eigenvalue weighted by molar-refractivity contribution is 0.358. The van der Waals surface area contributed by atoms with Gasteiger partial charge in [-0.1, -0.05) is 12.1 Å². The van der Waals surface area contributed by atoms with Crippen LogP contribution in [0.3, 0.4) is 0 Å². The lowest BCUT2D eigenvalue weighted by atomic mass is 10.0. The predicted molar refractivity (Wildman–Crippen MR) is 71.0 cm³/mol. The van der Waals surface area contributed by atoms with E-state index in [1.807, 2.05) is 14.0 Å². The van der Waals surface area contributed by atoms with Crippen LogP contribution in [0.4, 0.5) is 5.82 Å². The zero-order valence-corrected chi connectivity index (χ0v) is 10.5. The van der Waals surface area contributed by atoms with Gasteiger partial charge in [-0.15, -0.1) is 0 Å². The van der Waals surface area contributed by atoms with E-state index in [-0.39, 0.29) is 0 Å². The van der Waals surface area contributed by atoms with E-state index in [0.717, 1.165) is 41.4 Å². The van der Waals surface area contributed by atoms with Gasteiger partial charge < -0.3 is 10.1 Å². The Labute approximate surface area is 106 Å². The van der Waals surface area contributed by atoms with Gasteiger partial charge in [0.2, 0.25) is 0 Å². The lowest BCUT2D eigenvalue weighted by Gasteiger charge is -2.11. The molecular formula is C14H15N3O. The highest BCUT2D eigenvalue weighted by atomic mass is 16.5. The molecule has 2 heterocycles. The first-order chi connectivity index (χ1) is 8.81. The van der Waals surface area contributed by atoms with Crippen molar-refractivity contribution in [2.24, 2.45) is 0 Å². The van der Waals surface area contributed by atoms with E-state index in [4.69, 9.17) is 4.74 Å². The highest BCUT2D eigenvalue weighted by Gasteiger charge is 2.19. The summed E-state index contributed by atoms with van der Waals surface area (Å²) in [6.07, 6.45) is 2.56. The summed E-state index contributed by atoms with van der Waals surface area (Å²) in [5.41, 5.74) is 4.30. The third kappa shape index (κ3) is 1.61. The second-order valence-corrected chi connectivity index (χ2v) is 4.34. The number of rotatable bonds is 2. The number of ether oxygens (including phenoxy) is 1. The number of anilines is 1. The van der Waals surface area contributed by atoms with Crippen LogP contribution in [0.2, 0.25) is 0 Å². The standard InChI is InChI=1S/C14H15N3O/c1-9-12(16-8-17-14(9)15-2)11-5-3-4-10-6-7-18-13(10)11/h3-5,8H,6-7H2,1-2H3,(H,15,16,17). The molecule has 92 valence electrons. The molecule has 4 heteroatoms. The molecular weight excluding hydrogens is 226 g/mol. The normalized spacial score (nSPS) is 13.0. The Morgan fingerprint density at radius 2 is 2.17 bits per heavy atom. The van der Waals surface area contributed by atoms with Crippen molar-refractivity contribution in [2.75, 3.05) is 19.0 Å². The van der Waals surface area contributed by atoms with Gasteiger partial charge in [-0.05, 0) is 18.6 Å². The van der Waals surface area contributed by atoms with Crippen LogP contribution in [0.1, 0.15) is 11.1 Å². The summed E-state index contributed by atoms with van der Waals surface area (Å²) in [6, 6.07) is 6.23. The van der Waals surface area contributed by atoms with Crippen LogP contribution in [0.5, 0.6) is 5.75 Å². The largest absolute Gasteiger partial charge is 0.492 e. The van der Waals surface area contributed by atoms with E-state index in [1.54, 1.807) is 6.33 Å². The molecule has 0 spiro atoms. The smallest absolute Gasteiger partial charge is 0.132 e. The molecule has 0 saturated heterocycles. The first-order valence-electron chi connectivity index (χ1n) is 6.05. The van der Waals surface area contributed by atoms with Crippen molar-refractivity contribution >= 4 is 5.82 Å². The fraction of sp³-hybridized carbons (Fsp3) is 0.286. The molecule has 0 bridgehead atoms. The maximum Gasteiger partial charge on any atom is 0.132 e. The van der Waals surface area contributed by atoms with E-state index in [2.05, 4.69) is 33.5 Å². The minimum absolute atomic E-state index is 0.759. The van der Waals surface area contributed by atoms with Crippen molar-refractivity contribution in [3.05, 3.63) is 35.7 Å². The summed E-state index contributed by atoms with van der Waals surface area (Å²) in [7, 11) is 1.87. The molecule has 4 nitrogen and oxygen atoms in total. The Hall–Kier alpha value is -2.10. The van der Waals surface area contributed by atoms with Crippen LogP contribution in [-0.2, 0) is 6.42 Å². The molecule has 18 heavy (non-hydrogen) atoms. The topological polar surface area (TPSA) is 47.0 Å². The van der Waals surface area contributed by atoms with Gasteiger partial charge >= 0.3 is 0 Å². The average molecular weight is 241 g/mol. The summed E-state index contributed by atoms with van der Waals surface area (Å²) >= 11 is 0. The predicted octanol–water partition coefficient (Wildman–Crippen LogP) is 2.43. The van der Waals surface area contributed by atoms with Gasteiger partial charge in [0.05, 0.1) is 12.3 Å². The maximum atomic E-state index is 5.73. The molecule has 0 amide bonds. The Morgan fingerprint density at radius 1 is 1.28 bits per heavy atom. The zero-order chi connectivity index (χ0) is 12.5. The molecule has 3 rings (SSSR count). The second kappa shape index (κ2) is 4.29. The van der Waals surface area contributed by atoms with E-state index in [0.29, 0.717) is 0 Å². The summed E-state index contributed by atoms with van der Waals surface area (Å²) < 4.78 is 5.73. The molecule has 1 aromatic carbocycles. The van der Waals surface area contributed by atoms with E-state index in [1.165, 1.54) is 5.56 Å². The van der Waals surface area contributed by atoms with Crippen molar-refractivity contribution in [1.82, 2.24) is 9.97 Å². The number of para-hydroxylation sites is 1. The molecule has 0 saturated carbocycles. The fourth-order valence-electron chi connectivity index (χ4n) is 2.38. The van der Waals surface area contributed by atoms with Crippen LogP contribution in [-0.4, -0.2) is 23.6 Å². The number of fused-ring (bicyclic) bond motifs is 1. The Morgan fingerprint density at radius 3 is 3.00 bits per heavy atom. The molecule has 1 aliphatic heterocycles. The van der Waals surface area contributed by atoms with E-state index >= 15 is 0 Å². The number of nitrogens with zero attached hydrogens (tertiary/aromatic N) is 2. The molecule has 1 aliphatic rings. The summed E-state index contributed by atoms with van der Waals surface area (Å²) in [4.78, 5) is 8.62. The van der Waals surface area contributed by atoms with Gasteiger partial charge in [-0.3, -0.25) is 0 Å². The van der Waals surface area contributed by atoms with Crippen LogP contribution in [0.25, 0.3) is 11.3 Å². The van der Waals surface area contributed by atoms with Crippen LogP contribution in [0, 0.1) is 6.92 Å². The second-order valence-electron chi connectivity index (χ2n) is 4.34. The summed E-state index contributed by atoms with van der Waals surface area (Å²) in [5, 5.41) is 3.08. The third-order valence-corrected chi connectivity index (χ3v) is 3.29. The minimum atomic E-state index is 0.759. The van der Waals surface area contributed by atoms with Crippen LogP contribution >= 0.6 is 0 Å². The monoisotopic (exact) mass is 241 g/mol. The Balaban J connectivity index is 2.19. The Kier molecular flexibility index (Phi) is 2.63. The molecule has 1 aromatic heterocycles. The van der Waals surface area contributed by atoms with Crippen LogP contribution < -0.4 is 10.1 Å². The maximum absolute atomic E-state index is 5.73. The highest BCUT2D eigenvalue weighted by molar-refractivity contribution is 5.75. The van der Waals surface area contributed by atoms with Crippen molar-refractivity contribution in [3.8, 4) is 17.0 Å². The van der Waals surface area contributed by atoms with Crippen molar-refractivity contribution in [3.63, 3.8) is 0 Å². The first kappa shape index (κ1) is 11.0. The van der Waals surface area contributed by atoms with Crippen molar-refractivity contribution in [2.45, 2.75) is 13.3 Å². The van der Waals surface area contributed by atoms with E-state index < -0.39 is 0 Å². The fourth-order valence-corrected chi connectivity index (χ4v) is 2.38. The van der Waals surface area contributed by atoms with Gasteiger partial charge in [0.25, 0.3) is 0 Å². The number of hydrogen-bond acceptors (Lipinski definition) is 4. The van der Waals surface area contributed by atoms with Gasteiger partial charge in [0, 0.05) is 24.6 Å². The van der Waals surface area contributed by atoms with Crippen molar-refractivity contribution in [1.29, 1.82) is 0 Å². The first-order valence-corrected chi connectivity index (χ1v) is 6.05. The minimum Gasteiger partial charge on any atom is -0.492 e. The average Bonchev–Trinajstić information content (AvgIpc) is 2.87. The van der Waals surface area contributed by atoms with Crippen molar-refractivity contribution < 1.29 is 4.74 Å². The summed E-state index contributed by atoms with van der Waals surface area (Å²) in [6.45, 7) is 2.78. The molecule has 0 fully saturated rings. The molecule has 1 N–H and O–H groups in total. The molecule has 0 aliphatic carbocycles. The molecule has 0 atom stereocenters. The van der Waals surface area contributed by atoms with Gasteiger partial charge in [0.1, 0.15) is 17.9 Å². The van der Waals surface area contributed by atoms with E-state index in [9.17, 15) is 0 Å². The SMILES string of the molecule is CNc1ncnc(-c2cccc3c2OCC3)c1C. The number of aromatic nitrogens is 2.